The number of carbonyl (C=O) groups excluding carboxylic acids is 1. The van der Waals surface area contributed by atoms with E-state index < -0.39 is 0 Å². The fraction of sp³-hybridized carbons (Fsp3) is 0.462. The molecule has 2 rings (SSSR count). The van der Waals surface area contributed by atoms with Crippen LogP contribution in [0.4, 0.5) is 0 Å². The van der Waals surface area contributed by atoms with Gasteiger partial charge in [-0.2, -0.15) is 0 Å². The lowest BCUT2D eigenvalue weighted by Crippen LogP contribution is -2.31. The SMILES string of the molecule is CN1CCC(CNC(=O)c2ccc(C(N)=NO)cn2)C1. The number of hydrogen-bond donors (Lipinski definition) is 3. The molecule has 1 aliphatic heterocycles. The van der Waals surface area contributed by atoms with E-state index in [9.17, 15) is 4.79 Å². The number of aromatic nitrogens is 1. The Morgan fingerprint density at radius 3 is 3.00 bits per heavy atom. The first-order chi connectivity index (χ1) is 9.60. The van der Waals surface area contributed by atoms with Gasteiger partial charge in [0.1, 0.15) is 5.69 Å². The number of amides is 1. The number of rotatable bonds is 4. The summed E-state index contributed by atoms with van der Waals surface area (Å²) in [5, 5.41) is 14.3. The number of nitrogens with one attached hydrogen (secondary N) is 1. The summed E-state index contributed by atoms with van der Waals surface area (Å²) in [7, 11) is 2.08. The van der Waals surface area contributed by atoms with Gasteiger partial charge in [-0.15, -0.1) is 0 Å². The molecule has 1 amide bonds. The Hall–Kier alpha value is -2.15. The van der Waals surface area contributed by atoms with Crippen molar-refractivity contribution in [3.8, 4) is 0 Å². The van der Waals surface area contributed by atoms with Crippen molar-refractivity contribution in [2.75, 3.05) is 26.7 Å². The first-order valence-corrected chi connectivity index (χ1v) is 6.51. The van der Waals surface area contributed by atoms with E-state index in [0.29, 0.717) is 23.7 Å². The summed E-state index contributed by atoms with van der Waals surface area (Å²) in [5.41, 5.74) is 6.23. The Morgan fingerprint density at radius 2 is 2.45 bits per heavy atom. The number of nitrogens with zero attached hydrogens (tertiary/aromatic N) is 3. The van der Waals surface area contributed by atoms with E-state index >= 15 is 0 Å². The predicted octanol–water partition coefficient (Wildman–Crippen LogP) is -0.142. The molecule has 0 radical (unpaired) electrons. The quantitative estimate of drug-likeness (QED) is 0.307. The van der Waals surface area contributed by atoms with Gasteiger partial charge in [0.05, 0.1) is 0 Å². The van der Waals surface area contributed by atoms with Crippen molar-refractivity contribution >= 4 is 11.7 Å². The monoisotopic (exact) mass is 277 g/mol. The highest BCUT2D eigenvalue weighted by Gasteiger charge is 2.20. The molecular formula is C13H19N5O2. The minimum Gasteiger partial charge on any atom is -0.409 e. The minimum atomic E-state index is -0.203. The van der Waals surface area contributed by atoms with Gasteiger partial charge in [-0.1, -0.05) is 5.16 Å². The third kappa shape index (κ3) is 3.45. The number of nitrogens with two attached hydrogens (primary N) is 1. The highest BCUT2D eigenvalue weighted by Crippen LogP contribution is 2.13. The summed E-state index contributed by atoms with van der Waals surface area (Å²) in [6, 6.07) is 3.16. The summed E-state index contributed by atoms with van der Waals surface area (Å²) in [6.07, 6.45) is 2.51. The van der Waals surface area contributed by atoms with Crippen LogP contribution in [0.2, 0.25) is 0 Å². The van der Waals surface area contributed by atoms with Crippen molar-refractivity contribution in [3.05, 3.63) is 29.6 Å². The molecule has 0 saturated carbocycles. The summed E-state index contributed by atoms with van der Waals surface area (Å²) in [5.74, 6) is 0.268. The second kappa shape index (κ2) is 6.33. The predicted molar refractivity (Wildman–Crippen MR) is 74.7 cm³/mol. The molecule has 0 spiro atoms. The van der Waals surface area contributed by atoms with Crippen LogP contribution in [-0.2, 0) is 0 Å². The molecule has 1 saturated heterocycles. The smallest absolute Gasteiger partial charge is 0.269 e. The zero-order valence-corrected chi connectivity index (χ0v) is 11.4. The summed E-state index contributed by atoms with van der Waals surface area (Å²) < 4.78 is 0. The number of likely N-dealkylation sites (tertiary alicyclic amines) is 1. The van der Waals surface area contributed by atoms with Gasteiger partial charge in [0.15, 0.2) is 5.84 Å². The summed E-state index contributed by atoms with van der Waals surface area (Å²) >= 11 is 0. The molecule has 4 N–H and O–H groups in total. The van der Waals surface area contributed by atoms with Crippen LogP contribution < -0.4 is 11.1 Å². The molecular weight excluding hydrogens is 258 g/mol. The maximum atomic E-state index is 11.9. The molecule has 1 aromatic heterocycles. The molecule has 108 valence electrons. The lowest BCUT2D eigenvalue weighted by molar-refractivity contribution is 0.0942. The third-order valence-corrected chi connectivity index (χ3v) is 3.44. The van der Waals surface area contributed by atoms with Crippen molar-refractivity contribution in [2.45, 2.75) is 6.42 Å². The van der Waals surface area contributed by atoms with Gasteiger partial charge >= 0.3 is 0 Å². The number of amidine groups is 1. The molecule has 7 nitrogen and oxygen atoms in total. The molecule has 0 bridgehead atoms. The van der Waals surface area contributed by atoms with Crippen molar-refractivity contribution in [1.82, 2.24) is 15.2 Å². The molecule has 1 unspecified atom stereocenters. The molecule has 1 atom stereocenters. The Bertz CT molecular complexity index is 500. The van der Waals surface area contributed by atoms with E-state index in [-0.39, 0.29) is 11.7 Å². The molecule has 0 aromatic carbocycles. The fourth-order valence-electron chi connectivity index (χ4n) is 2.26. The van der Waals surface area contributed by atoms with E-state index in [1.807, 2.05) is 0 Å². The topological polar surface area (TPSA) is 104 Å². The lowest BCUT2D eigenvalue weighted by atomic mass is 10.1. The number of oxime groups is 1. The van der Waals surface area contributed by atoms with Gasteiger partial charge in [0.25, 0.3) is 5.91 Å². The summed E-state index contributed by atoms with van der Waals surface area (Å²) in [4.78, 5) is 18.2. The fourth-order valence-corrected chi connectivity index (χ4v) is 2.26. The van der Waals surface area contributed by atoms with Gasteiger partial charge in [-0.05, 0) is 38.1 Å². The molecule has 0 aliphatic carbocycles. The number of carbonyl (C=O) groups is 1. The highest BCUT2D eigenvalue weighted by molar-refractivity contribution is 5.98. The van der Waals surface area contributed by atoms with Gasteiger partial charge in [0.2, 0.25) is 0 Å². The average molecular weight is 277 g/mol. The molecule has 1 aliphatic rings. The number of pyridine rings is 1. The Labute approximate surface area is 117 Å². The minimum absolute atomic E-state index is 0.0292. The van der Waals surface area contributed by atoms with Crippen LogP contribution in [0.25, 0.3) is 0 Å². The van der Waals surface area contributed by atoms with Crippen LogP contribution in [-0.4, -0.2) is 53.5 Å². The second-order valence-electron chi connectivity index (χ2n) is 5.04. The maximum Gasteiger partial charge on any atom is 0.269 e. The van der Waals surface area contributed by atoms with Crippen LogP contribution >= 0.6 is 0 Å². The normalized spacial score (nSPS) is 20.1. The molecule has 1 aromatic rings. The Morgan fingerprint density at radius 1 is 1.65 bits per heavy atom. The number of hydrogen-bond acceptors (Lipinski definition) is 5. The van der Waals surface area contributed by atoms with Crippen molar-refractivity contribution in [1.29, 1.82) is 0 Å². The third-order valence-electron chi connectivity index (χ3n) is 3.44. The lowest BCUT2D eigenvalue weighted by Gasteiger charge is -2.11. The van der Waals surface area contributed by atoms with Gasteiger partial charge in [0, 0.05) is 24.8 Å². The zero-order chi connectivity index (χ0) is 14.5. The highest BCUT2D eigenvalue weighted by atomic mass is 16.4. The molecule has 20 heavy (non-hydrogen) atoms. The summed E-state index contributed by atoms with van der Waals surface area (Å²) in [6.45, 7) is 2.75. The molecule has 7 heteroatoms. The van der Waals surface area contributed by atoms with Crippen LogP contribution in [0.5, 0.6) is 0 Å². The van der Waals surface area contributed by atoms with Gasteiger partial charge < -0.3 is 21.2 Å². The van der Waals surface area contributed by atoms with Crippen LogP contribution in [0.1, 0.15) is 22.5 Å². The standard InChI is InChI=1S/C13H19N5O2/c1-18-5-4-9(8-18)6-16-13(19)11-3-2-10(7-15-11)12(14)17-20/h2-3,7,9,20H,4-6,8H2,1H3,(H2,14,17)(H,16,19). The first kappa shape index (κ1) is 14.3. The Kier molecular flexibility index (Phi) is 4.52. The molecule has 2 heterocycles. The Balaban J connectivity index is 1.89. The van der Waals surface area contributed by atoms with Crippen LogP contribution in [0.3, 0.4) is 0 Å². The van der Waals surface area contributed by atoms with Crippen molar-refractivity contribution in [3.63, 3.8) is 0 Å². The second-order valence-corrected chi connectivity index (χ2v) is 5.04. The van der Waals surface area contributed by atoms with Crippen LogP contribution in [0, 0.1) is 5.92 Å². The van der Waals surface area contributed by atoms with E-state index in [1.54, 1.807) is 12.1 Å². The zero-order valence-electron chi connectivity index (χ0n) is 11.4. The van der Waals surface area contributed by atoms with Gasteiger partial charge in [-0.25, -0.2) is 0 Å². The van der Waals surface area contributed by atoms with E-state index in [4.69, 9.17) is 10.9 Å². The van der Waals surface area contributed by atoms with Crippen LogP contribution in [0.15, 0.2) is 23.5 Å². The first-order valence-electron chi connectivity index (χ1n) is 6.51. The van der Waals surface area contributed by atoms with Gasteiger partial charge in [-0.3, -0.25) is 9.78 Å². The van der Waals surface area contributed by atoms with E-state index in [2.05, 4.69) is 27.4 Å². The average Bonchev–Trinajstić information content (AvgIpc) is 2.89. The van der Waals surface area contributed by atoms with Crippen molar-refractivity contribution < 1.29 is 10.0 Å². The largest absolute Gasteiger partial charge is 0.409 e. The van der Waals surface area contributed by atoms with Crippen molar-refractivity contribution in [2.24, 2.45) is 16.8 Å². The maximum absolute atomic E-state index is 11.9. The molecule has 1 fully saturated rings. The van der Waals surface area contributed by atoms with E-state index in [1.165, 1.54) is 6.20 Å². The van der Waals surface area contributed by atoms with E-state index in [0.717, 1.165) is 19.5 Å².